The molecule has 0 radical (unpaired) electrons. The lowest BCUT2D eigenvalue weighted by Gasteiger charge is -2.36. The van der Waals surface area contributed by atoms with E-state index in [9.17, 15) is 14.7 Å². The van der Waals surface area contributed by atoms with Crippen molar-refractivity contribution in [2.75, 3.05) is 37.7 Å². The molecule has 0 aromatic heterocycles. The fourth-order valence-electron chi connectivity index (χ4n) is 7.58. The molecule has 0 saturated carbocycles. The van der Waals surface area contributed by atoms with Crippen LogP contribution in [0.4, 0.5) is 0 Å². The lowest BCUT2D eigenvalue weighted by Crippen LogP contribution is -2.40. The number of thioether (sulfide) groups is 2. The molecule has 2 N–H and O–H groups in total. The van der Waals surface area contributed by atoms with E-state index < -0.39 is 15.5 Å². The second kappa shape index (κ2) is 21.4. The van der Waals surface area contributed by atoms with Crippen molar-refractivity contribution < 1.29 is 14.7 Å². The smallest absolute Gasteiger partial charge is 0.303 e. The molecule has 0 unspecified atom stereocenters. The van der Waals surface area contributed by atoms with Crippen LogP contribution in [0.1, 0.15) is 59.1 Å². The van der Waals surface area contributed by atoms with Gasteiger partial charge in [0.25, 0.3) is 0 Å². The highest BCUT2D eigenvalue weighted by atomic mass is 32.2. The number of benzene rings is 6. The van der Waals surface area contributed by atoms with E-state index in [0.29, 0.717) is 25.3 Å². The summed E-state index contributed by atoms with van der Waals surface area (Å²) in [5.74, 6) is 0.722. The summed E-state index contributed by atoms with van der Waals surface area (Å²) in [4.78, 5) is 27.2. The fourth-order valence-corrected chi connectivity index (χ4v) is 10.6. The average molecular weight is 793 g/mol. The molecule has 0 saturated heterocycles. The van der Waals surface area contributed by atoms with Crippen molar-refractivity contribution in [1.29, 1.82) is 0 Å². The second-order valence-electron chi connectivity index (χ2n) is 14.1. The summed E-state index contributed by atoms with van der Waals surface area (Å²) in [7, 11) is 0. The maximum atomic E-state index is 13.7. The number of carboxylic acids is 1. The Morgan fingerprint density at radius 1 is 0.474 bits per heavy atom. The molecule has 0 aliphatic heterocycles. The number of aliphatic carboxylic acids is 1. The summed E-state index contributed by atoms with van der Waals surface area (Å²) >= 11 is 3.74. The van der Waals surface area contributed by atoms with Crippen LogP contribution >= 0.6 is 23.5 Å². The van der Waals surface area contributed by atoms with E-state index in [1.807, 2.05) is 23.5 Å². The third-order valence-electron chi connectivity index (χ3n) is 10.3. The first-order chi connectivity index (χ1) is 28.0. The number of carbonyl (C=O) groups is 2. The molecule has 292 valence electrons. The molecule has 57 heavy (non-hydrogen) atoms. The van der Waals surface area contributed by atoms with Crippen LogP contribution in [0.3, 0.4) is 0 Å². The number of unbranched alkanes of at least 4 members (excludes halogenated alkanes) is 2. The second-order valence-corrected chi connectivity index (χ2v) is 16.7. The molecule has 7 heteroatoms. The molecule has 1 amide bonds. The molecule has 6 aromatic carbocycles. The minimum atomic E-state index is -0.768. The summed E-state index contributed by atoms with van der Waals surface area (Å²) in [6.45, 7) is 2.23. The third kappa shape index (κ3) is 10.9. The van der Waals surface area contributed by atoms with Gasteiger partial charge in [-0.25, -0.2) is 0 Å². The van der Waals surface area contributed by atoms with Gasteiger partial charge in [0.2, 0.25) is 5.91 Å². The molecule has 0 bridgehead atoms. The van der Waals surface area contributed by atoms with Crippen LogP contribution in [0.2, 0.25) is 0 Å². The topological polar surface area (TPSA) is 69.6 Å². The van der Waals surface area contributed by atoms with Crippen molar-refractivity contribution in [3.8, 4) is 0 Å². The monoisotopic (exact) mass is 792 g/mol. The van der Waals surface area contributed by atoms with Crippen LogP contribution < -0.4 is 5.32 Å². The number of amides is 1. The highest BCUT2D eigenvalue weighted by molar-refractivity contribution is 8.00. The van der Waals surface area contributed by atoms with Crippen molar-refractivity contribution in [3.05, 3.63) is 215 Å². The Morgan fingerprint density at radius 2 is 0.825 bits per heavy atom. The minimum absolute atomic E-state index is 0.00342. The molecular formula is C50H52N2O3S2. The predicted molar refractivity (Wildman–Crippen MR) is 239 cm³/mol. The average Bonchev–Trinajstić information content (AvgIpc) is 3.27. The summed E-state index contributed by atoms with van der Waals surface area (Å²) < 4.78 is -0.893. The summed E-state index contributed by atoms with van der Waals surface area (Å²) in [6.07, 6.45) is 2.43. The molecule has 0 spiro atoms. The Labute approximate surface area is 346 Å². The van der Waals surface area contributed by atoms with E-state index in [1.165, 1.54) is 33.4 Å². The van der Waals surface area contributed by atoms with E-state index in [0.717, 1.165) is 25.1 Å². The molecule has 0 atom stereocenters. The van der Waals surface area contributed by atoms with Crippen molar-refractivity contribution in [2.24, 2.45) is 0 Å². The van der Waals surface area contributed by atoms with Crippen LogP contribution in [0.25, 0.3) is 0 Å². The first-order valence-electron chi connectivity index (χ1n) is 19.8. The number of nitrogens with one attached hydrogen (secondary N) is 1. The van der Waals surface area contributed by atoms with Crippen molar-refractivity contribution in [2.45, 2.75) is 35.2 Å². The van der Waals surface area contributed by atoms with Gasteiger partial charge >= 0.3 is 5.97 Å². The summed E-state index contributed by atoms with van der Waals surface area (Å²) in [6, 6.07) is 63.9. The Balaban J connectivity index is 1.17. The van der Waals surface area contributed by atoms with E-state index in [2.05, 4.69) is 192 Å². The molecule has 6 rings (SSSR count). The van der Waals surface area contributed by atoms with Gasteiger partial charge in [-0.1, -0.05) is 188 Å². The van der Waals surface area contributed by atoms with E-state index in [1.54, 1.807) is 0 Å². The number of carbonyl (C=O) groups excluding carboxylic acids is 1. The Morgan fingerprint density at radius 3 is 1.18 bits per heavy atom. The van der Waals surface area contributed by atoms with E-state index in [4.69, 9.17) is 0 Å². The van der Waals surface area contributed by atoms with Gasteiger partial charge in [-0.15, -0.1) is 23.5 Å². The molecule has 6 aromatic rings. The zero-order valence-corrected chi connectivity index (χ0v) is 34.1. The van der Waals surface area contributed by atoms with Gasteiger partial charge in [0.15, 0.2) is 0 Å². The molecule has 0 heterocycles. The van der Waals surface area contributed by atoms with Gasteiger partial charge in [-0.3, -0.25) is 14.5 Å². The quantitative estimate of drug-likeness (QED) is 0.0527. The first kappa shape index (κ1) is 41.6. The Kier molecular flexibility index (Phi) is 15.6. The van der Waals surface area contributed by atoms with Crippen LogP contribution in [-0.4, -0.2) is 59.6 Å². The maximum absolute atomic E-state index is 13.7. The van der Waals surface area contributed by atoms with Gasteiger partial charge in [-0.2, -0.15) is 0 Å². The normalized spacial score (nSPS) is 11.7. The first-order valence-corrected chi connectivity index (χ1v) is 21.8. The van der Waals surface area contributed by atoms with Crippen LogP contribution in [0.5, 0.6) is 0 Å². The number of carboxylic acid groups (broad SMARTS) is 1. The molecule has 5 nitrogen and oxygen atoms in total. The van der Waals surface area contributed by atoms with Crippen LogP contribution in [-0.2, 0) is 19.1 Å². The van der Waals surface area contributed by atoms with Crippen molar-refractivity contribution >= 4 is 35.4 Å². The fraction of sp³-hybridized carbons (Fsp3) is 0.240. The van der Waals surface area contributed by atoms with Gasteiger partial charge in [0, 0.05) is 31.0 Å². The SMILES string of the molecule is O=C(O)CCCCCN(CCSC(c1ccccc1)(c1ccccc1)c1ccccc1)CC(=O)NCCSC(c1ccccc1)(c1ccccc1)c1ccccc1. The zero-order valence-electron chi connectivity index (χ0n) is 32.4. The lowest BCUT2D eigenvalue weighted by molar-refractivity contribution is -0.137. The zero-order chi connectivity index (χ0) is 39.6. The van der Waals surface area contributed by atoms with E-state index >= 15 is 0 Å². The van der Waals surface area contributed by atoms with Crippen molar-refractivity contribution in [3.63, 3.8) is 0 Å². The number of nitrogens with zero attached hydrogens (tertiary/aromatic N) is 1. The van der Waals surface area contributed by atoms with Gasteiger partial charge in [0.1, 0.15) is 0 Å². The molecule has 0 aliphatic rings. The lowest BCUT2D eigenvalue weighted by atomic mass is 9.84. The Bertz CT molecular complexity index is 1880. The predicted octanol–water partition coefficient (Wildman–Crippen LogP) is 10.5. The highest BCUT2D eigenvalue weighted by Gasteiger charge is 2.38. The standard InChI is InChI=1S/C50H52N2O3S2/c53-47(51-35-38-56-49(41-22-8-1-9-23-41,42-24-10-2-11-25-42)43-26-12-3-13-27-43)40-52(36-21-7-20-34-48(54)55)37-39-57-50(44-28-14-4-15-29-44,45-30-16-5-17-31-45)46-32-18-6-19-33-46/h1-6,8-19,22-33H,7,20-21,34-40H2,(H,51,53)(H,54,55). The minimum Gasteiger partial charge on any atom is -0.481 e. The largest absolute Gasteiger partial charge is 0.481 e. The molecular weight excluding hydrogens is 741 g/mol. The van der Waals surface area contributed by atoms with Gasteiger partial charge in [-0.05, 0) is 52.8 Å². The highest BCUT2D eigenvalue weighted by Crippen LogP contribution is 2.49. The van der Waals surface area contributed by atoms with E-state index in [-0.39, 0.29) is 18.9 Å². The van der Waals surface area contributed by atoms with Crippen LogP contribution in [0.15, 0.2) is 182 Å². The summed E-state index contributed by atoms with van der Waals surface area (Å²) in [5, 5.41) is 12.4. The number of rotatable bonds is 22. The van der Waals surface area contributed by atoms with Gasteiger partial charge < -0.3 is 10.4 Å². The number of hydrogen-bond donors (Lipinski definition) is 2. The molecule has 0 fully saturated rings. The third-order valence-corrected chi connectivity index (χ3v) is 13.4. The Hall–Kier alpha value is -5.08. The molecule has 0 aliphatic carbocycles. The van der Waals surface area contributed by atoms with Crippen LogP contribution in [0, 0.1) is 0 Å². The van der Waals surface area contributed by atoms with Gasteiger partial charge in [0.05, 0.1) is 16.0 Å². The maximum Gasteiger partial charge on any atom is 0.303 e. The van der Waals surface area contributed by atoms with Crippen molar-refractivity contribution in [1.82, 2.24) is 10.2 Å². The number of hydrogen-bond acceptors (Lipinski definition) is 5. The summed E-state index contributed by atoms with van der Waals surface area (Å²) in [5.41, 5.74) is 7.22.